The number of amides is 1. The second-order valence-corrected chi connectivity index (χ2v) is 7.50. The first-order valence-electron chi connectivity index (χ1n) is 10.5. The van der Waals surface area contributed by atoms with E-state index in [4.69, 9.17) is 9.15 Å². The van der Waals surface area contributed by atoms with E-state index in [1.165, 1.54) is 11.8 Å². The lowest BCUT2D eigenvalue weighted by molar-refractivity contribution is 0.102. The minimum absolute atomic E-state index is 0.148. The van der Waals surface area contributed by atoms with Crippen molar-refractivity contribution in [2.24, 2.45) is 0 Å². The highest BCUT2D eigenvalue weighted by Gasteiger charge is 2.13. The second-order valence-electron chi connectivity index (χ2n) is 7.50. The van der Waals surface area contributed by atoms with E-state index in [0.29, 0.717) is 11.6 Å². The summed E-state index contributed by atoms with van der Waals surface area (Å²) in [4.78, 5) is 16.5. The summed E-state index contributed by atoms with van der Waals surface area (Å²) in [7, 11) is 0. The summed E-state index contributed by atoms with van der Waals surface area (Å²) < 4.78 is 13.0. The van der Waals surface area contributed by atoms with Crippen molar-refractivity contribution in [1.29, 1.82) is 0 Å². The van der Waals surface area contributed by atoms with Crippen molar-refractivity contribution >= 4 is 11.6 Å². The summed E-state index contributed by atoms with van der Waals surface area (Å²) in [5, 5.41) is 10.6. The monoisotopic (exact) mass is 431 g/mol. The molecular weight excluding hydrogens is 406 g/mol. The van der Waals surface area contributed by atoms with Gasteiger partial charge in [-0.25, -0.2) is 4.98 Å². The molecule has 2 aromatic carbocycles. The molecule has 4 aromatic rings. The van der Waals surface area contributed by atoms with Gasteiger partial charge >= 0.3 is 0 Å². The average molecular weight is 431 g/mol. The lowest BCUT2D eigenvalue weighted by Crippen LogP contribution is -2.12. The fourth-order valence-electron chi connectivity index (χ4n) is 3.17. The highest BCUT2D eigenvalue weighted by Crippen LogP contribution is 2.16. The van der Waals surface area contributed by atoms with Crippen LogP contribution >= 0.6 is 0 Å². The summed E-state index contributed by atoms with van der Waals surface area (Å²) in [5.41, 5.74) is 3.30. The molecule has 0 atom stereocenters. The molecule has 2 heterocycles. The van der Waals surface area contributed by atoms with Gasteiger partial charge in [0.1, 0.15) is 12.0 Å². The van der Waals surface area contributed by atoms with Gasteiger partial charge in [0, 0.05) is 18.4 Å². The van der Waals surface area contributed by atoms with Gasteiger partial charge in [0.15, 0.2) is 12.3 Å². The highest BCUT2D eigenvalue weighted by atomic mass is 16.5. The number of unbranched alkanes of at least 4 members (excludes halogenated alkanes) is 1. The molecule has 164 valence electrons. The van der Waals surface area contributed by atoms with Crippen molar-refractivity contribution in [3.05, 3.63) is 89.9 Å². The van der Waals surface area contributed by atoms with E-state index in [1.54, 1.807) is 6.20 Å². The van der Waals surface area contributed by atoms with E-state index in [1.807, 2.05) is 54.2 Å². The Morgan fingerprint density at radius 3 is 2.66 bits per heavy atom. The van der Waals surface area contributed by atoms with Crippen LogP contribution in [0.5, 0.6) is 5.75 Å². The molecule has 0 unspecified atom stereocenters. The molecule has 32 heavy (non-hydrogen) atoms. The van der Waals surface area contributed by atoms with Crippen molar-refractivity contribution in [3.8, 4) is 5.75 Å². The fraction of sp³-hybridized carbons (Fsp3) is 0.250. The Balaban J connectivity index is 1.21. The van der Waals surface area contributed by atoms with Gasteiger partial charge in [0.2, 0.25) is 5.89 Å². The first-order valence-corrected chi connectivity index (χ1v) is 10.5. The van der Waals surface area contributed by atoms with E-state index >= 15 is 0 Å². The van der Waals surface area contributed by atoms with Crippen LogP contribution in [0.1, 0.15) is 40.3 Å². The molecule has 0 saturated carbocycles. The van der Waals surface area contributed by atoms with Crippen LogP contribution in [-0.4, -0.2) is 25.9 Å². The predicted octanol–water partition coefficient (Wildman–Crippen LogP) is 4.43. The number of carbonyl (C=O) groups is 1. The molecule has 0 saturated heterocycles. The van der Waals surface area contributed by atoms with Gasteiger partial charge < -0.3 is 14.5 Å². The van der Waals surface area contributed by atoms with E-state index in [-0.39, 0.29) is 18.2 Å². The third kappa shape index (κ3) is 6.04. The number of anilines is 1. The van der Waals surface area contributed by atoms with Crippen LogP contribution in [-0.2, 0) is 19.6 Å². The molecular formula is C24H25N5O3. The van der Waals surface area contributed by atoms with Crippen molar-refractivity contribution in [3.63, 3.8) is 0 Å². The number of carbonyl (C=O) groups excluding carboxylic acids is 1. The Bertz CT molecular complexity index is 1120. The molecule has 2 aromatic heterocycles. The van der Waals surface area contributed by atoms with Crippen molar-refractivity contribution in [1.82, 2.24) is 20.0 Å². The number of nitrogens with zero attached hydrogens (tertiary/aromatic N) is 4. The van der Waals surface area contributed by atoms with Gasteiger partial charge in [0.05, 0.1) is 6.20 Å². The van der Waals surface area contributed by atoms with Gasteiger partial charge in [0.25, 0.3) is 5.91 Å². The largest absolute Gasteiger partial charge is 0.484 e. The molecule has 1 N–H and O–H groups in total. The molecule has 4 rings (SSSR count). The Kier molecular flexibility index (Phi) is 6.91. The maximum atomic E-state index is 12.3. The molecule has 0 aliphatic rings. The minimum Gasteiger partial charge on any atom is -0.484 e. The SMILES string of the molecule is Cc1ccc(NC(=O)c2coc(COc3ccc(CCCCn4ccnn4)cc3)n2)cc1. The summed E-state index contributed by atoms with van der Waals surface area (Å²) in [5.74, 6) is 0.744. The number of oxazole rings is 1. The average Bonchev–Trinajstić information content (AvgIpc) is 3.50. The smallest absolute Gasteiger partial charge is 0.277 e. The quantitative estimate of drug-likeness (QED) is 0.373. The number of hydrogen-bond acceptors (Lipinski definition) is 6. The lowest BCUT2D eigenvalue weighted by atomic mass is 10.1. The second kappa shape index (κ2) is 10.4. The number of aryl methyl sites for hydroxylation is 3. The molecule has 0 aliphatic carbocycles. The minimum atomic E-state index is -0.322. The maximum Gasteiger partial charge on any atom is 0.277 e. The number of rotatable bonds is 10. The third-order valence-electron chi connectivity index (χ3n) is 4.95. The molecule has 8 heteroatoms. The number of nitrogens with one attached hydrogen (secondary N) is 1. The maximum absolute atomic E-state index is 12.3. The molecule has 8 nitrogen and oxygen atoms in total. The van der Waals surface area contributed by atoms with Gasteiger partial charge in [-0.1, -0.05) is 35.0 Å². The third-order valence-corrected chi connectivity index (χ3v) is 4.95. The van der Waals surface area contributed by atoms with Crippen LogP contribution in [0.15, 0.2) is 71.6 Å². The molecule has 1 amide bonds. The van der Waals surface area contributed by atoms with Crippen molar-refractivity contribution in [2.45, 2.75) is 39.3 Å². The van der Waals surface area contributed by atoms with E-state index < -0.39 is 0 Å². The standard InChI is InChI=1S/C24H25N5O3/c1-18-5-9-20(10-6-18)26-24(30)22-16-32-23(27-22)17-31-21-11-7-19(8-12-21)4-2-3-14-29-15-13-25-28-29/h5-13,15-16H,2-4,14,17H2,1H3,(H,26,30). The van der Waals surface area contributed by atoms with E-state index in [9.17, 15) is 4.79 Å². The fourth-order valence-corrected chi connectivity index (χ4v) is 3.17. The molecule has 0 spiro atoms. The Labute approximate surface area is 186 Å². The van der Waals surface area contributed by atoms with Gasteiger partial charge in [-0.2, -0.15) is 0 Å². The zero-order chi connectivity index (χ0) is 22.2. The Hall–Kier alpha value is -3.94. The van der Waals surface area contributed by atoms with Crippen LogP contribution < -0.4 is 10.1 Å². The van der Waals surface area contributed by atoms with Crippen molar-refractivity contribution in [2.75, 3.05) is 5.32 Å². The molecule has 0 fully saturated rings. The number of benzene rings is 2. The highest BCUT2D eigenvalue weighted by molar-refractivity contribution is 6.02. The predicted molar refractivity (Wildman–Crippen MR) is 119 cm³/mol. The van der Waals surface area contributed by atoms with Crippen molar-refractivity contribution < 1.29 is 13.9 Å². The molecule has 0 radical (unpaired) electrons. The van der Waals surface area contributed by atoms with Gasteiger partial charge in [-0.15, -0.1) is 5.10 Å². The Morgan fingerprint density at radius 1 is 1.09 bits per heavy atom. The van der Waals surface area contributed by atoms with Gasteiger partial charge in [-0.05, 0) is 56.0 Å². The van der Waals surface area contributed by atoms with Crippen LogP contribution in [0.25, 0.3) is 0 Å². The lowest BCUT2D eigenvalue weighted by Gasteiger charge is -2.06. The molecule has 0 aliphatic heterocycles. The summed E-state index contributed by atoms with van der Waals surface area (Å²) in [6.07, 6.45) is 8.02. The van der Waals surface area contributed by atoms with Gasteiger partial charge in [-0.3, -0.25) is 9.48 Å². The molecule has 0 bridgehead atoms. The van der Waals surface area contributed by atoms with Crippen LogP contribution in [0.4, 0.5) is 5.69 Å². The van der Waals surface area contributed by atoms with E-state index in [0.717, 1.165) is 37.1 Å². The summed E-state index contributed by atoms with van der Waals surface area (Å²) in [6.45, 7) is 3.02. The summed E-state index contributed by atoms with van der Waals surface area (Å²) in [6, 6.07) is 15.5. The van der Waals surface area contributed by atoms with E-state index in [2.05, 4.69) is 32.7 Å². The topological polar surface area (TPSA) is 95.1 Å². The number of ether oxygens (including phenoxy) is 1. The zero-order valence-electron chi connectivity index (χ0n) is 17.9. The Morgan fingerprint density at radius 2 is 1.91 bits per heavy atom. The normalized spacial score (nSPS) is 10.8. The van der Waals surface area contributed by atoms with Crippen LogP contribution in [0.2, 0.25) is 0 Å². The number of aromatic nitrogens is 4. The first kappa shape index (κ1) is 21.3. The number of hydrogen-bond donors (Lipinski definition) is 1. The van der Waals surface area contributed by atoms with Crippen LogP contribution in [0.3, 0.4) is 0 Å². The first-order chi connectivity index (χ1) is 15.7. The zero-order valence-corrected chi connectivity index (χ0v) is 17.9. The van der Waals surface area contributed by atoms with Crippen LogP contribution in [0, 0.1) is 6.92 Å². The summed E-state index contributed by atoms with van der Waals surface area (Å²) >= 11 is 0.